The van der Waals surface area contributed by atoms with Crippen molar-refractivity contribution in [2.24, 2.45) is 5.92 Å². The molecule has 1 saturated heterocycles. The average Bonchev–Trinajstić information content (AvgIpc) is 3.49. The van der Waals surface area contributed by atoms with Gasteiger partial charge in [0.2, 0.25) is 15.9 Å². The molecule has 5 rings (SSSR count). The summed E-state index contributed by atoms with van der Waals surface area (Å²) in [6, 6.07) is 5.16. The third-order valence-electron chi connectivity index (χ3n) is 6.01. The van der Waals surface area contributed by atoms with Gasteiger partial charge in [0.15, 0.2) is 0 Å². The molecule has 1 saturated carbocycles. The molecule has 0 N–H and O–H groups in total. The zero-order valence-electron chi connectivity index (χ0n) is 18.1. The molecule has 0 bridgehead atoms. The fraction of sp³-hybridized carbons (Fsp3) is 0.476. The van der Waals surface area contributed by atoms with Gasteiger partial charge < -0.3 is 4.74 Å². The van der Waals surface area contributed by atoms with Gasteiger partial charge in [-0.1, -0.05) is 5.21 Å². The van der Waals surface area contributed by atoms with E-state index in [-0.39, 0.29) is 0 Å². The van der Waals surface area contributed by atoms with Gasteiger partial charge >= 0.3 is 0 Å². The number of sulfonamides is 1. The molecular weight excluding hydrogens is 515 g/mol. The minimum absolute atomic E-state index is 0.298. The van der Waals surface area contributed by atoms with Crippen LogP contribution in [0.25, 0.3) is 11.0 Å². The van der Waals surface area contributed by atoms with E-state index in [1.165, 1.54) is 29.5 Å². The van der Waals surface area contributed by atoms with Crippen LogP contribution in [0.3, 0.4) is 0 Å². The predicted molar refractivity (Wildman–Crippen MR) is 124 cm³/mol. The molecule has 0 atom stereocenters. The first-order valence-electron chi connectivity index (χ1n) is 10.8. The highest BCUT2D eigenvalue weighted by Gasteiger charge is 2.26. The van der Waals surface area contributed by atoms with Gasteiger partial charge in [0.25, 0.3) is 0 Å². The van der Waals surface area contributed by atoms with E-state index in [1.807, 2.05) is 16.8 Å². The molecular formula is C21H24BrFN6O3S. The van der Waals surface area contributed by atoms with Gasteiger partial charge in [0.05, 0.1) is 22.4 Å². The van der Waals surface area contributed by atoms with E-state index in [9.17, 15) is 12.8 Å². The summed E-state index contributed by atoms with van der Waals surface area (Å²) in [6.45, 7) is 3.15. The fourth-order valence-electron chi connectivity index (χ4n) is 3.98. The first kappa shape index (κ1) is 22.6. The van der Waals surface area contributed by atoms with Gasteiger partial charge in [0, 0.05) is 44.8 Å². The molecule has 2 fully saturated rings. The van der Waals surface area contributed by atoms with Crippen LogP contribution < -0.4 is 4.74 Å². The predicted octanol–water partition coefficient (Wildman–Crippen LogP) is 3.01. The number of pyridine rings is 1. The van der Waals surface area contributed by atoms with Crippen LogP contribution in [0.1, 0.15) is 18.4 Å². The number of fused-ring (bicyclic) bond motifs is 1. The Morgan fingerprint density at radius 2 is 1.97 bits per heavy atom. The lowest BCUT2D eigenvalue weighted by Crippen LogP contribution is -2.47. The lowest BCUT2D eigenvalue weighted by molar-refractivity contribution is 0.180. The van der Waals surface area contributed by atoms with E-state index < -0.39 is 15.8 Å². The molecule has 2 aromatic heterocycles. The monoisotopic (exact) mass is 538 g/mol. The molecule has 1 aromatic carbocycles. The molecule has 9 nitrogen and oxygen atoms in total. The number of hydrogen-bond acceptors (Lipinski definition) is 7. The Bertz CT molecular complexity index is 1290. The van der Waals surface area contributed by atoms with Crippen molar-refractivity contribution in [1.82, 2.24) is 29.2 Å². The Kier molecular flexibility index (Phi) is 6.10. The van der Waals surface area contributed by atoms with Crippen molar-refractivity contribution in [2.45, 2.75) is 25.9 Å². The number of halogens is 2. The molecule has 3 heterocycles. The normalized spacial score (nSPS) is 18.2. The summed E-state index contributed by atoms with van der Waals surface area (Å²) in [5.41, 5.74) is 2.22. The highest BCUT2D eigenvalue weighted by molar-refractivity contribution is 9.10. The van der Waals surface area contributed by atoms with Crippen LogP contribution in [0.4, 0.5) is 4.39 Å². The topological polar surface area (TPSA) is 93.5 Å². The van der Waals surface area contributed by atoms with E-state index in [0.29, 0.717) is 65.8 Å². The number of rotatable bonds is 7. The van der Waals surface area contributed by atoms with E-state index in [1.54, 1.807) is 0 Å². The van der Waals surface area contributed by atoms with Crippen molar-refractivity contribution in [2.75, 3.05) is 32.4 Å². The molecule has 0 spiro atoms. The highest BCUT2D eigenvalue weighted by Crippen LogP contribution is 2.37. The average molecular weight is 539 g/mol. The molecule has 1 aliphatic carbocycles. The number of benzene rings is 1. The molecule has 2 aliphatic rings. The number of hydrogen-bond donors (Lipinski definition) is 0. The van der Waals surface area contributed by atoms with Crippen molar-refractivity contribution in [3.63, 3.8) is 0 Å². The molecule has 0 radical (unpaired) electrons. The van der Waals surface area contributed by atoms with Crippen LogP contribution in [0.2, 0.25) is 0 Å². The molecule has 176 valence electrons. The van der Waals surface area contributed by atoms with E-state index in [4.69, 9.17) is 4.74 Å². The van der Waals surface area contributed by atoms with Crippen molar-refractivity contribution < 1.29 is 17.5 Å². The number of ether oxygens (including phenoxy) is 1. The number of aromatic nitrogens is 4. The second-order valence-corrected chi connectivity index (χ2v) is 11.4. The second-order valence-electron chi connectivity index (χ2n) is 8.62. The summed E-state index contributed by atoms with van der Waals surface area (Å²) < 4.78 is 47.6. The standard InChI is InChI=1S/C21H24BrFN6O3S/c1-33(30,31)28-8-6-27(7-9-28)13-15-10-16(23)11-24-21(15)32-18-5-4-17-20(19(18)22)25-26-29(17)12-14-2-3-14/h4-5,10-11,14H,2-3,6-9,12-13H2,1H3. The quantitative estimate of drug-likeness (QED) is 0.456. The SMILES string of the molecule is CS(=O)(=O)N1CCN(Cc2cc(F)cnc2Oc2ccc3c(nnn3CC3CC3)c2Br)CC1. The van der Waals surface area contributed by atoms with Crippen molar-refractivity contribution in [3.05, 3.63) is 40.2 Å². The largest absolute Gasteiger partial charge is 0.437 e. The van der Waals surface area contributed by atoms with Gasteiger partial charge in [-0.2, -0.15) is 4.31 Å². The number of piperazine rings is 1. The maximum absolute atomic E-state index is 14.0. The summed E-state index contributed by atoms with van der Waals surface area (Å²) in [4.78, 5) is 6.24. The van der Waals surface area contributed by atoms with E-state index in [0.717, 1.165) is 18.3 Å². The van der Waals surface area contributed by atoms with E-state index >= 15 is 0 Å². The van der Waals surface area contributed by atoms with Crippen molar-refractivity contribution in [3.8, 4) is 11.6 Å². The van der Waals surface area contributed by atoms with Crippen LogP contribution in [-0.2, 0) is 23.1 Å². The minimum Gasteiger partial charge on any atom is -0.437 e. The molecule has 0 unspecified atom stereocenters. The second kappa shape index (κ2) is 8.90. The fourth-order valence-corrected chi connectivity index (χ4v) is 5.31. The summed E-state index contributed by atoms with van der Waals surface area (Å²) in [5.74, 6) is 1.04. The maximum Gasteiger partial charge on any atom is 0.223 e. The van der Waals surface area contributed by atoms with Gasteiger partial charge in [-0.3, -0.25) is 4.90 Å². The zero-order chi connectivity index (χ0) is 23.2. The first-order valence-corrected chi connectivity index (χ1v) is 13.4. The summed E-state index contributed by atoms with van der Waals surface area (Å²) in [6.07, 6.45) is 4.79. The first-order chi connectivity index (χ1) is 15.8. The van der Waals surface area contributed by atoms with Gasteiger partial charge in [0.1, 0.15) is 17.1 Å². The Morgan fingerprint density at radius 1 is 1.21 bits per heavy atom. The molecule has 33 heavy (non-hydrogen) atoms. The van der Waals surface area contributed by atoms with Gasteiger partial charge in [-0.15, -0.1) is 5.10 Å². The number of nitrogens with zero attached hydrogens (tertiary/aromatic N) is 6. The van der Waals surface area contributed by atoms with Crippen LogP contribution in [0.15, 0.2) is 28.9 Å². The lowest BCUT2D eigenvalue weighted by atomic mass is 10.2. The Balaban J connectivity index is 1.35. The highest BCUT2D eigenvalue weighted by atomic mass is 79.9. The van der Waals surface area contributed by atoms with Crippen LogP contribution in [-0.4, -0.2) is 70.0 Å². The maximum atomic E-state index is 14.0. The van der Waals surface area contributed by atoms with Crippen LogP contribution in [0, 0.1) is 11.7 Å². The van der Waals surface area contributed by atoms with Crippen molar-refractivity contribution in [1.29, 1.82) is 0 Å². The van der Waals surface area contributed by atoms with Crippen molar-refractivity contribution >= 4 is 37.0 Å². The lowest BCUT2D eigenvalue weighted by Gasteiger charge is -2.33. The Morgan fingerprint density at radius 3 is 2.67 bits per heavy atom. The third kappa shape index (κ3) is 5.03. The molecule has 12 heteroatoms. The summed E-state index contributed by atoms with van der Waals surface area (Å²) in [7, 11) is -3.21. The Labute approximate surface area is 199 Å². The smallest absolute Gasteiger partial charge is 0.223 e. The van der Waals surface area contributed by atoms with Crippen LogP contribution >= 0.6 is 15.9 Å². The van der Waals surface area contributed by atoms with Gasteiger partial charge in [-0.25, -0.2) is 22.5 Å². The third-order valence-corrected chi connectivity index (χ3v) is 8.08. The Hall–Kier alpha value is -2.15. The summed E-state index contributed by atoms with van der Waals surface area (Å²) >= 11 is 3.58. The van der Waals surface area contributed by atoms with E-state index in [2.05, 4.69) is 36.1 Å². The summed E-state index contributed by atoms with van der Waals surface area (Å²) in [5, 5.41) is 8.58. The minimum atomic E-state index is -3.21. The molecule has 3 aromatic rings. The molecule has 1 aliphatic heterocycles. The van der Waals surface area contributed by atoms with Crippen LogP contribution in [0.5, 0.6) is 11.6 Å². The zero-order valence-corrected chi connectivity index (χ0v) is 20.5. The van der Waals surface area contributed by atoms with Gasteiger partial charge in [-0.05, 0) is 52.9 Å². The molecule has 0 amide bonds.